The number of carbonyl (C=O) groups is 2. The first kappa shape index (κ1) is 4.91. The van der Waals surface area contributed by atoms with Crippen molar-refractivity contribution in [1.82, 2.24) is 0 Å². The van der Waals surface area contributed by atoms with Crippen LogP contribution in [0.25, 0.3) is 0 Å². The Morgan fingerprint density at radius 2 is 2.11 bits per heavy atom. The number of ketones is 2. The zero-order valence-corrected chi connectivity index (χ0v) is 4.89. The molecule has 0 aromatic carbocycles. The van der Waals surface area contributed by atoms with Crippen molar-refractivity contribution in [2.45, 2.75) is 12.8 Å². The highest BCUT2D eigenvalue weighted by Crippen LogP contribution is 2.36. The number of hydrogen-bond acceptors (Lipinski definition) is 2. The van der Waals surface area contributed by atoms with Crippen molar-refractivity contribution in [3.63, 3.8) is 0 Å². The van der Waals surface area contributed by atoms with Crippen LogP contribution in [0.3, 0.4) is 0 Å². The number of rotatable bonds is 0. The molecule has 0 aromatic heterocycles. The molecule has 0 aliphatic heterocycles. The molecular weight excluding hydrogens is 116 g/mol. The van der Waals surface area contributed by atoms with Crippen molar-refractivity contribution in [3.05, 3.63) is 11.6 Å². The summed E-state index contributed by atoms with van der Waals surface area (Å²) in [6, 6.07) is 0. The average Bonchev–Trinajstić information content (AvgIpc) is 2.57. The molecule has 0 aromatic rings. The zero-order valence-electron chi connectivity index (χ0n) is 4.89. The van der Waals surface area contributed by atoms with Gasteiger partial charge in [0, 0.05) is 18.4 Å². The molecule has 1 fully saturated rings. The molecule has 2 aliphatic carbocycles. The Hall–Kier alpha value is -0.920. The third-order valence-corrected chi connectivity index (χ3v) is 1.84. The smallest absolute Gasteiger partial charge is 0.160 e. The Morgan fingerprint density at radius 1 is 1.33 bits per heavy atom. The number of carbonyl (C=O) groups excluding carboxylic acids is 2. The van der Waals surface area contributed by atoms with Crippen LogP contribution >= 0.6 is 0 Å². The summed E-state index contributed by atoms with van der Waals surface area (Å²) in [6.45, 7) is 0. The van der Waals surface area contributed by atoms with Crippen LogP contribution in [0.1, 0.15) is 12.8 Å². The molecule has 9 heavy (non-hydrogen) atoms. The van der Waals surface area contributed by atoms with Gasteiger partial charge in [0.25, 0.3) is 0 Å². The van der Waals surface area contributed by atoms with E-state index in [1.54, 1.807) is 6.08 Å². The highest BCUT2D eigenvalue weighted by atomic mass is 16.1. The maximum Gasteiger partial charge on any atom is 0.160 e. The van der Waals surface area contributed by atoms with Gasteiger partial charge in [0.05, 0.1) is 5.92 Å². The molecule has 1 unspecified atom stereocenters. The second-order valence-electron chi connectivity index (χ2n) is 2.49. The van der Waals surface area contributed by atoms with Crippen molar-refractivity contribution in [3.8, 4) is 0 Å². The van der Waals surface area contributed by atoms with Gasteiger partial charge in [-0.2, -0.15) is 0 Å². The molecule has 0 N–H and O–H groups in total. The fourth-order valence-electron chi connectivity index (χ4n) is 1.20. The van der Waals surface area contributed by atoms with Crippen LogP contribution in [0.5, 0.6) is 0 Å². The number of Topliss-reactive ketones (excluding diaryl/α,β-unsaturated/α-hetero) is 2. The summed E-state index contributed by atoms with van der Waals surface area (Å²) in [5.41, 5.74) is 0.770. The summed E-state index contributed by atoms with van der Waals surface area (Å²) in [4.78, 5) is 21.5. The third kappa shape index (κ3) is 0.559. The van der Waals surface area contributed by atoms with Crippen LogP contribution in [-0.2, 0) is 9.59 Å². The molecule has 1 atom stereocenters. The molecule has 46 valence electrons. The van der Waals surface area contributed by atoms with Crippen LogP contribution in [0.15, 0.2) is 11.6 Å². The monoisotopic (exact) mass is 122 g/mol. The van der Waals surface area contributed by atoms with E-state index in [9.17, 15) is 9.59 Å². The van der Waals surface area contributed by atoms with E-state index in [2.05, 4.69) is 0 Å². The van der Waals surface area contributed by atoms with Gasteiger partial charge in [-0.1, -0.05) is 6.08 Å². The molecule has 0 saturated heterocycles. The van der Waals surface area contributed by atoms with E-state index in [-0.39, 0.29) is 17.5 Å². The van der Waals surface area contributed by atoms with Crippen LogP contribution < -0.4 is 0 Å². The first-order valence-electron chi connectivity index (χ1n) is 3.06. The summed E-state index contributed by atoms with van der Waals surface area (Å²) in [5.74, 6) is 0.357. The van der Waals surface area contributed by atoms with E-state index in [1.165, 1.54) is 0 Å². The van der Waals surface area contributed by atoms with Crippen LogP contribution in [0.2, 0.25) is 0 Å². The Kier molecular flexibility index (Phi) is 0.721. The lowest BCUT2D eigenvalue weighted by atomic mass is 9.97. The summed E-state index contributed by atoms with van der Waals surface area (Å²) in [6.07, 6.45) is 2.67. The standard InChI is InChI=1S/C7H6O2/c8-6-1-2-7(9)5-3-4(5)6/h3-4H,1-2H2. The minimum absolute atomic E-state index is 0.0498. The third-order valence-electron chi connectivity index (χ3n) is 1.84. The molecule has 2 rings (SSSR count). The second-order valence-corrected chi connectivity index (χ2v) is 2.49. The highest BCUT2D eigenvalue weighted by molar-refractivity contribution is 6.13. The van der Waals surface area contributed by atoms with Gasteiger partial charge in [-0.25, -0.2) is 0 Å². The Morgan fingerprint density at radius 3 is 2.78 bits per heavy atom. The minimum atomic E-state index is -0.0498. The first-order valence-corrected chi connectivity index (χ1v) is 3.06. The molecule has 0 heterocycles. The summed E-state index contributed by atoms with van der Waals surface area (Å²) in [7, 11) is 0. The SMILES string of the molecule is O=C1CCC(=O)C2C=C12. The van der Waals surface area contributed by atoms with Gasteiger partial charge in [-0.15, -0.1) is 0 Å². The summed E-state index contributed by atoms with van der Waals surface area (Å²) < 4.78 is 0. The molecule has 0 bridgehead atoms. The minimum Gasteiger partial charge on any atom is -0.299 e. The van der Waals surface area contributed by atoms with E-state index in [4.69, 9.17) is 0 Å². The number of fused-ring (bicyclic) bond motifs is 1. The van der Waals surface area contributed by atoms with Gasteiger partial charge in [0.1, 0.15) is 5.78 Å². The van der Waals surface area contributed by atoms with Gasteiger partial charge in [-0.05, 0) is 0 Å². The number of hydrogen-bond donors (Lipinski definition) is 0. The largest absolute Gasteiger partial charge is 0.299 e. The van der Waals surface area contributed by atoms with Crippen molar-refractivity contribution >= 4 is 11.6 Å². The maximum atomic E-state index is 10.8. The van der Waals surface area contributed by atoms with E-state index in [0.717, 1.165) is 5.57 Å². The molecule has 2 nitrogen and oxygen atoms in total. The van der Waals surface area contributed by atoms with Crippen molar-refractivity contribution < 1.29 is 9.59 Å². The normalized spacial score (nSPS) is 31.6. The first-order chi connectivity index (χ1) is 4.29. The van der Waals surface area contributed by atoms with E-state index >= 15 is 0 Å². The fraction of sp³-hybridized carbons (Fsp3) is 0.429. The van der Waals surface area contributed by atoms with Gasteiger partial charge >= 0.3 is 0 Å². The van der Waals surface area contributed by atoms with Gasteiger partial charge < -0.3 is 0 Å². The van der Waals surface area contributed by atoms with Crippen LogP contribution in [-0.4, -0.2) is 11.6 Å². The summed E-state index contributed by atoms with van der Waals surface area (Å²) >= 11 is 0. The lowest BCUT2D eigenvalue weighted by Gasteiger charge is -2.04. The van der Waals surface area contributed by atoms with E-state index in [0.29, 0.717) is 12.8 Å². The zero-order chi connectivity index (χ0) is 6.43. The van der Waals surface area contributed by atoms with E-state index in [1.807, 2.05) is 0 Å². The summed E-state index contributed by atoms with van der Waals surface area (Å²) in [5, 5.41) is 0. The van der Waals surface area contributed by atoms with Gasteiger partial charge in [-0.3, -0.25) is 9.59 Å². The molecule has 2 aliphatic rings. The van der Waals surface area contributed by atoms with Crippen molar-refractivity contribution in [1.29, 1.82) is 0 Å². The Bertz CT molecular complexity index is 225. The Labute approximate surface area is 52.6 Å². The lowest BCUT2D eigenvalue weighted by Crippen LogP contribution is -2.15. The Balaban J connectivity index is 2.23. The predicted octanol–water partition coefficient (Wildman–Crippen LogP) is 0.475. The van der Waals surface area contributed by atoms with Crippen LogP contribution in [0.4, 0.5) is 0 Å². The molecule has 0 amide bonds. The molecule has 0 spiro atoms. The maximum absolute atomic E-state index is 10.8. The van der Waals surface area contributed by atoms with Crippen molar-refractivity contribution in [2.75, 3.05) is 0 Å². The van der Waals surface area contributed by atoms with E-state index < -0.39 is 0 Å². The second kappa shape index (κ2) is 1.32. The molecule has 1 saturated carbocycles. The number of allylic oxidation sites excluding steroid dienone is 2. The van der Waals surface area contributed by atoms with Gasteiger partial charge in [0.2, 0.25) is 0 Å². The lowest BCUT2D eigenvalue weighted by molar-refractivity contribution is -0.125. The average molecular weight is 122 g/mol. The van der Waals surface area contributed by atoms with Gasteiger partial charge in [0.15, 0.2) is 5.78 Å². The molecule has 2 heteroatoms. The topological polar surface area (TPSA) is 34.1 Å². The fourth-order valence-corrected chi connectivity index (χ4v) is 1.20. The van der Waals surface area contributed by atoms with Crippen molar-refractivity contribution in [2.24, 2.45) is 5.92 Å². The highest BCUT2D eigenvalue weighted by Gasteiger charge is 2.39. The van der Waals surface area contributed by atoms with Crippen LogP contribution in [0, 0.1) is 5.92 Å². The molecule has 0 radical (unpaired) electrons. The quantitative estimate of drug-likeness (QED) is 0.468. The predicted molar refractivity (Wildman–Crippen MR) is 30.8 cm³/mol. The molecular formula is C7H6O2.